The summed E-state index contributed by atoms with van der Waals surface area (Å²) in [4.78, 5) is 26.2. The summed E-state index contributed by atoms with van der Waals surface area (Å²) in [5.41, 5.74) is 2.75. The number of hydrogen-bond donors (Lipinski definition) is 2. The minimum atomic E-state index is -0.344. The lowest BCUT2D eigenvalue weighted by molar-refractivity contribution is -0.117. The number of thiophene rings is 1. The van der Waals surface area contributed by atoms with Crippen molar-refractivity contribution in [2.75, 3.05) is 6.54 Å². The minimum Gasteiger partial charge on any atom is -0.351 e. The van der Waals surface area contributed by atoms with Crippen LogP contribution in [-0.4, -0.2) is 18.4 Å². The molecule has 6 heteroatoms. The average Bonchev–Trinajstić information content (AvgIpc) is 3.25. The van der Waals surface area contributed by atoms with Gasteiger partial charge >= 0.3 is 0 Å². The van der Waals surface area contributed by atoms with Crippen LogP contribution in [0.25, 0.3) is 6.08 Å². The molecule has 2 amide bonds. The maximum Gasteiger partial charge on any atom is 0.267 e. The Morgan fingerprint density at radius 1 is 1.03 bits per heavy atom. The molecule has 154 valence electrons. The van der Waals surface area contributed by atoms with E-state index < -0.39 is 0 Å². The van der Waals surface area contributed by atoms with E-state index in [2.05, 4.69) is 10.6 Å². The molecule has 0 fully saturated rings. The van der Waals surface area contributed by atoms with Gasteiger partial charge in [0.1, 0.15) is 11.5 Å². The molecule has 1 heterocycles. The Labute approximate surface area is 179 Å². The van der Waals surface area contributed by atoms with E-state index in [-0.39, 0.29) is 23.3 Å². The SMILES string of the molecule is Cc1ccc(C(=O)N/C(=C\c2cccs2)C(=O)NCCCc2ccc(F)cc2)cc1. The van der Waals surface area contributed by atoms with Crippen molar-refractivity contribution in [2.24, 2.45) is 0 Å². The highest BCUT2D eigenvalue weighted by Crippen LogP contribution is 2.13. The molecule has 0 spiro atoms. The second-order valence-electron chi connectivity index (χ2n) is 6.88. The lowest BCUT2D eigenvalue weighted by atomic mass is 10.1. The second-order valence-corrected chi connectivity index (χ2v) is 7.86. The number of benzene rings is 2. The first kappa shape index (κ1) is 21.5. The fraction of sp³-hybridized carbons (Fsp3) is 0.167. The molecule has 0 aliphatic heterocycles. The summed E-state index contributed by atoms with van der Waals surface area (Å²) in [5, 5.41) is 7.49. The van der Waals surface area contributed by atoms with Gasteiger partial charge in [0, 0.05) is 17.0 Å². The van der Waals surface area contributed by atoms with Gasteiger partial charge in [0.25, 0.3) is 11.8 Å². The number of rotatable bonds is 8. The first-order valence-electron chi connectivity index (χ1n) is 9.67. The molecule has 2 N–H and O–H groups in total. The van der Waals surface area contributed by atoms with Crippen molar-refractivity contribution in [3.63, 3.8) is 0 Å². The van der Waals surface area contributed by atoms with Crippen molar-refractivity contribution in [3.05, 3.63) is 99.1 Å². The Kier molecular flexibility index (Phi) is 7.51. The van der Waals surface area contributed by atoms with Crippen LogP contribution in [0, 0.1) is 12.7 Å². The third-order valence-corrected chi connectivity index (χ3v) is 5.30. The van der Waals surface area contributed by atoms with Gasteiger partial charge in [0.05, 0.1) is 0 Å². The normalized spacial score (nSPS) is 11.2. The van der Waals surface area contributed by atoms with Crippen LogP contribution in [0.3, 0.4) is 0 Å². The van der Waals surface area contributed by atoms with Gasteiger partial charge in [-0.3, -0.25) is 9.59 Å². The van der Waals surface area contributed by atoms with Crippen LogP contribution < -0.4 is 10.6 Å². The van der Waals surface area contributed by atoms with Crippen molar-refractivity contribution >= 4 is 29.2 Å². The summed E-state index contributed by atoms with van der Waals surface area (Å²) in [5.74, 6) is -0.943. The van der Waals surface area contributed by atoms with Gasteiger partial charge in [-0.15, -0.1) is 11.3 Å². The molecule has 0 aliphatic rings. The summed E-state index contributed by atoms with van der Waals surface area (Å²) < 4.78 is 13.0. The molecule has 30 heavy (non-hydrogen) atoms. The number of hydrogen-bond acceptors (Lipinski definition) is 3. The lowest BCUT2D eigenvalue weighted by Gasteiger charge is -2.11. The first-order valence-corrected chi connectivity index (χ1v) is 10.5. The smallest absolute Gasteiger partial charge is 0.267 e. The molecule has 3 aromatic rings. The van der Waals surface area contributed by atoms with Crippen molar-refractivity contribution in [1.82, 2.24) is 10.6 Å². The molecule has 0 radical (unpaired) electrons. The second kappa shape index (κ2) is 10.5. The van der Waals surface area contributed by atoms with E-state index in [1.807, 2.05) is 36.6 Å². The van der Waals surface area contributed by atoms with E-state index >= 15 is 0 Å². The molecule has 0 saturated heterocycles. The van der Waals surface area contributed by atoms with Crippen molar-refractivity contribution in [2.45, 2.75) is 19.8 Å². The van der Waals surface area contributed by atoms with Crippen LogP contribution in [0.15, 0.2) is 71.7 Å². The lowest BCUT2D eigenvalue weighted by Crippen LogP contribution is -2.35. The molecule has 3 rings (SSSR count). The van der Waals surface area contributed by atoms with Crippen molar-refractivity contribution in [3.8, 4) is 0 Å². The van der Waals surface area contributed by atoms with Gasteiger partial charge in [0.15, 0.2) is 0 Å². The van der Waals surface area contributed by atoms with Crippen LogP contribution in [0.4, 0.5) is 4.39 Å². The Morgan fingerprint density at radius 3 is 2.43 bits per heavy atom. The maximum absolute atomic E-state index is 13.0. The number of aryl methyl sites for hydroxylation is 2. The molecule has 0 aliphatic carbocycles. The van der Waals surface area contributed by atoms with Crippen LogP contribution in [0.2, 0.25) is 0 Å². The van der Waals surface area contributed by atoms with Gasteiger partial charge in [-0.25, -0.2) is 4.39 Å². The topological polar surface area (TPSA) is 58.2 Å². The Morgan fingerprint density at radius 2 is 1.77 bits per heavy atom. The van der Waals surface area contributed by atoms with Crippen LogP contribution in [0.1, 0.15) is 32.8 Å². The van der Waals surface area contributed by atoms with Gasteiger partial charge in [-0.05, 0) is 67.1 Å². The minimum absolute atomic E-state index is 0.199. The number of nitrogens with one attached hydrogen (secondary N) is 2. The number of carbonyl (C=O) groups is 2. The van der Waals surface area contributed by atoms with E-state index in [1.165, 1.54) is 23.5 Å². The summed E-state index contributed by atoms with van der Waals surface area (Å²) >= 11 is 1.48. The van der Waals surface area contributed by atoms with E-state index in [0.717, 1.165) is 22.4 Å². The Hall–Kier alpha value is -3.25. The third-order valence-electron chi connectivity index (χ3n) is 4.48. The maximum atomic E-state index is 13.0. The Balaban J connectivity index is 1.61. The molecule has 0 atom stereocenters. The number of amides is 2. The van der Waals surface area contributed by atoms with E-state index in [9.17, 15) is 14.0 Å². The zero-order valence-electron chi connectivity index (χ0n) is 16.7. The van der Waals surface area contributed by atoms with Gasteiger partial charge in [-0.1, -0.05) is 35.9 Å². The highest BCUT2D eigenvalue weighted by atomic mass is 32.1. The van der Waals surface area contributed by atoms with Gasteiger partial charge < -0.3 is 10.6 Å². The Bertz CT molecular complexity index is 1010. The predicted molar refractivity (Wildman–Crippen MR) is 119 cm³/mol. The number of halogens is 1. The summed E-state index contributed by atoms with van der Waals surface area (Å²) in [6, 6.07) is 17.3. The molecule has 4 nitrogen and oxygen atoms in total. The summed E-state index contributed by atoms with van der Waals surface area (Å²) in [6.45, 7) is 2.39. The summed E-state index contributed by atoms with van der Waals surface area (Å²) in [6.07, 6.45) is 3.10. The number of carbonyl (C=O) groups excluding carboxylic acids is 2. The largest absolute Gasteiger partial charge is 0.351 e. The molecular formula is C24H23FN2O2S. The van der Waals surface area contributed by atoms with E-state index in [4.69, 9.17) is 0 Å². The standard InChI is InChI=1S/C24H23FN2O2S/c1-17-6-10-19(11-7-17)23(28)27-22(16-21-5-3-15-30-21)24(29)26-14-2-4-18-8-12-20(25)13-9-18/h3,5-13,15-16H,2,4,14H2,1H3,(H,26,29)(H,27,28)/b22-16-. The van der Waals surface area contributed by atoms with Gasteiger partial charge in [-0.2, -0.15) is 0 Å². The predicted octanol–water partition coefficient (Wildman–Crippen LogP) is 4.72. The molecule has 0 bridgehead atoms. The zero-order chi connectivity index (χ0) is 21.3. The van der Waals surface area contributed by atoms with Crippen molar-refractivity contribution in [1.29, 1.82) is 0 Å². The fourth-order valence-electron chi connectivity index (χ4n) is 2.81. The van der Waals surface area contributed by atoms with Crippen LogP contribution in [0.5, 0.6) is 0 Å². The molecule has 0 unspecified atom stereocenters. The van der Waals surface area contributed by atoms with Crippen LogP contribution >= 0.6 is 11.3 Å². The van der Waals surface area contributed by atoms with Gasteiger partial charge in [0.2, 0.25) is 0 Å². The fourth-order valence-corrected chi connectivity index (χ4v) is 3.47. The van der Waals surface area contributed by atoms with E-state index in [0.29, 0.717) is 18.5 Å². The van der Waals surface area contributed by atoms with Crippen LogP contribution in [-0.2, 0) is 11.2 Å². The molecule has 1 aromatic heterocycles. The average molecular weight is 423 g/mol. The molecule has 2 aromatic carbocycles. The molecule has 0 saturated carbocycles. The zero-order valence-corrected chi connectivity index (χ0v) is 17.5. The highest BCUT2D eigenvalue weighted by Gasteiger charge is 2.14. The highest BCUT2D eigenvalue weighted by molar-refractivity contribution is 7.10. The quantitative estimate of drug-likeness (QED) is 0.408. The first-order chi connectivity index (χ1) is 14.5. The van der Waals surface area contributed by atoms with Crippen molar-refractivity contribution < 1.29 is 14.0 Å². The molecular weight excluding hydrogens is 399 g/mol. The third kappa shape index (κ3) is 6.39. The summed E-state index contributed by atoms with van der Waals surface area (Å²) in [7, 11) is 0. The van der Waals surface area contributed by atoms with E-state index in [1.54, 1.807) is 30.3 Å². The monoisotopic (exact) mass is 422 g/mol.